The van der Waals surface area contributed by atoms with E-state index in [1.165, 1.54) is 96.3 Å². The third kappa shape index (κ3) is 8.73. The zero-order chi connectivity index (χ0) is 21.9. The average Bonchev–Trinajstić information content (AvgIpc) is 2.81. The fraction of sp³-hybridized carbons (Fsp3) is 0.966. The van der Waals surface area contributed by atoms with Crippen molar-refractivity contribution in [2.75, 3.05) is 0 Å². The van der Waals surface area contributed by atoms with E-state index in [9.17, 15) is 4.79 Å². The molecule has 0 unspecified atom stereocenters. The molecular weight excluding hydrogens is 380 g/mol. The van der Waals surface area contributed by atoms with Crippen LogP contribution in [0.1, 0.15) is 142 Å². The Hall–Kier alpha value is -0.530. The Labute approximate surface area is 193 Å². The first kappa shape index (κ1) is 25.1. The van der Waals surface area contributed by atoms with Gasteiger partial charge in [-0.2, -0.15) is 0 Å². The highest BCUT2D eigenvalue weighted by molar-refractivity contribution is 5.69. The summed E-state index contributed by atoms with van der Waals surface area (Å²) >= 11 is 0. The molecule has 3 aliphatic carbocycles. The molecule has 3 saturated carbocycles. The Balaban J connectivity index is 1.25. The number of ether oxygens (including phenoxy) is 1. The Morgan fingerprint density at radius 3 is 1.58 bits per heavy atom. The van der Waals surface area contributed by atoms with Crippen LogP contribution in [0.5, 0.6) is 0 Å². The second kappa shape index (κ2) is 13.9. The number of hydrogen-bond acceptors (Lipinski definition) is 2. The Bertz CT molecular complexity index is 477. The molecule has 0 N–H and O–H groups in total. The van der Waals surface area contributed by atoms with Gasteiger partial charge in [0.1, 0.15) is 6.10 Å². The molecule has 0 atom stereocenters. The SMILES string of the molecule is CCCCC(=O)OC1CCC(C2CCC(CC[C@H]3CC[C@H](CCCC)CC3)CC2)CC1. The van der Waals surface area contributed by atoms with Crippen molar-refractivity contribution in [2.45, 2.75) is 148 Å². The van der Waals surface area contributed by atoms with Crippen LogP contribution in [0.4, 0.5) is 0 Å². The van der Waals surface area contributed by atoms with Gasteiger partial charge < -0.3 is 4.74 Å². The van der Waals surface area contributed by atoms with Crippen LogP contribution >= 0.6 is 0 Å². The first-order valence-corrected chi connectivity index (χ1v) is 14.4. The van der Waals surface area contributed by atoms with Crippen LogP contribution in [-0.2, 0) is 9.53 Å². The largest absolute Gasteiger partial charge is 0.462 e. The first-order valence-electron chi connectivity index (χ1n) is 14.4. The second-order valence-corrected chi connectivity index (χ2v) is 11.5. The lowest BCUT2D eigenvalue weighted by Gasteiger charge is -2.38. The molecule has 3 fully saturated rings. The van der Waals surface area contributed by atoms with Gasteiger partial charge in [0.05, 0.1) is 0 Å². The molecule has 2 nitrogen and oxygen atoms in total. The molecule has 3 aliphatic rings. The summed E-state index contributed by atoms with van der Waals surface area (Å²) in [5.41, 5.74) is 0. The molecular formula is C29H52O2. The number of hydrogen-bond donors (Lipinski definition) is 0. The number of carbonyl (C=O) groups is 1. The lowest BCUT2D eigenvalue weighted by Crippen LogP contribution is -2.29. The van der Waals surface area contributed by atoms with E-state index in [0.717, 1.165) is 55.3 Å². The predicted molar refractivity (Wildman–Crippen MR) is 131 cm³/mol. The summed E-state index contributed by atoms with van der Waals surface area (Å²) in [6.07, 6.45) is 27.0. The minimum Gasteiger partial charge on any atom is -0.462 e. The summed E-state index contributed by atoms with van der Waals surface area (Å²) < 4.78 is 5.72. The average molecular weight is 433 g/mol. The molecule has 2 heteroatoms. The minimum absolute atomic E-state index is 0.0419. The van der Waals surface area contributed by atoms with Gasteiger partial charge in [-0.15, -0.1) is 0 Å². The number of unbranched alkanes of at least 4 members (excludes halogenated alkanes) is 2. The van der Waals surface area contributed by atoms with Crippen molar-refractivity contribution in [1.29, 1.82) is 0 Å². The van der Waals surface area contributed by atoms with Gasteiger partial charge >= 0.3 is 5.97 Å². The maximum atomic E-state index is 11.9. The highest BCUT2D eigenvalue weighted by Crippen LogP contribution is 2.42. The van der Waals surface area contributed by atoms with Crippen LogP contribution in [-0.4, -0.2) is 12.1 Å². The molecule has 0 aromatic rings. The van der Waals surface area contributed by atoms with E-state index in [0.29, 0.717) is 6.42 Å². The number of carbonyl (C=O) groups excluding carboxylic acids is 1. The molecule has 180 valence electrons. The fourth-order valence-corrected chi connectivity index (χ4v) is 6.97. The van der Waals surface area contributed by atoms with Crippen LogP contribution in [0.15, 0.2) is 0 Å². The summed E-state index contributed by atoms with van der Waals surface area (Å²) in [5, 5.41) is 0. The van der Waals surface area contributed by atoms with Crippen molar-refractivity contribution < 1.29 is 9.53 Å². The zero-order valence-electron chi connectivity index (χ0n) is 20.9. The van der Waals surface area contributed by atoms with Gasteiger partial charge in [-0.3, -0.25) is 4.79 Å². The van der Waals surface area contributed by atoms with E-state index >= 15 is 0 Å². The monoisotopic (exact) mass is 432 g/mol. The van der Waals surface area contributed by atoms with Gasteiger partial charge in [-0.05, 0) is 74.5 Å². The van der Waals surface area contributed by atoms with E-state index in [-0.39, 0.29) is 12.1 Å². The molecule has 0 saturated heterocycles. The van der Waals surface area contributed by atoms with E-state index in [1.54, 1.807) is 0 Å². The summed E-state index contributed by atoms with van der Waals surface area (Å²) in [7, 11) is 0. The van der Waals surface area contributed by atoms with E-state index in [2.05, 4.69) is 13.8 Å². The molecule has 0 aromatic heterocycles. The lowest BCUT2D eigenvalue weighted by molar-refractivity contribution is -0.151. The highest BCUT2D eigenvalue weighted by atomic mass is 16.5. The van der Waals surface area contributed by atoms with Crippen molar-refractivity contribution >= 4 is 5.97 Å². The fourth-order valence-electron chi connectivity index (χ4n) is 6.97. The van der Waals surface area contributed by atoms with Gasteiger partial charge in [-0.1, -0.05) is 90.9 Å². The standard InChI is InChI=1S/C29H52O2/c1-3-5-7-23-9-11-24(12-10-23)13-14-25-15-17-26(18-16-25)27-19-21-28(22-20-27)31-29(30)8-6-4-2/h23-28H,3-22H2,1-2H3/t23-,24-,25?,26?,27?,28?. The van der Waals surface area contributed by atoms with Crippen LogP contribution < -0.4 is 0 Å². The first-order chi connectivity index (χ1) is 15.2. The number of rotatable bonds is 11. The quantitative estimate of drug-likeness (QED) is 0.305. The number of esters is 1. The molecule has 0 aromatic carbocycles. The van der Waals surface area contributed by atoms with Crippen molar-refractivity contribution in [3.8, 4) is 0 Å². The third-order valence-corrected chi connectivity index (χ3v) is 9.22. The minimum atomic E-state index is 0.0419. The van der Waals surface area contributed by atoms with Gasteiger partial charge in [0.2, 0.25) is 0 Å². The van der Waals surface area contributed by atoms with Gasteiger partial charge in [0, 0.05) is 6.42 Å². The molecule has 0 radical (unpaired) electrons. The van der Waals surface area contributed by atoms with Crippen molar-refractivity contribution in [2.24, 2.45) is 29.6 Å². The topological polar surface area (TPSA) is 26.3 Å². The lowest BCUT2D eigenvalue weighted by atomic mass is 9.69. The molecule has 31 heavy (non-hydrogen) atoms. The predicted octanol–water partition coefficient (Wildman–Crippen LogP) is 8.86. The van der Waals surface area contributed by atoms with Gasteiger partial charge in [-0.25, -0.2) is 0 Å². The van der Waals surface area contributed by atoms with Crippen molar-refractivity contribution in [3.05, 3.63) is 0 Å². The second-order valence-electron chi connectivity index (χ2n) is 11.5. The molecule has 0 heterocycles. The Morgan fingerprint density at radius 2 is 1.06 bits per heavy atom. The van der Waals surface area contributed by atoms with Crippen LogP contribution in [0.2, 0.25) is 0 Å². The van der Waals surface area contributed by atoms with Gasteiger partial charge in [0.25, 0.3) is 0 Å². The van der Waals surface area contributed by atoms with Crippen LogP contribution in [0, 0.1) is 29.6 Å². The summed E-state index contributed by atoms with van der Waals surface area (Å²) in [4.78, 5) is 11.9. The van der Waals surface area contributed by atoms with E-state index in [4.69, 9.17) is 4.74 Å². The van der Waals surface area contributed by atoms with Crippen LogP contribution in [0.3, 0.4) is 0 Å². The molecule has 0 amide bonds. The Kier molecular flexibility index (Phi) is 11.2. The van der Waals surface area contributed by atoms with Crippen molar-refractivity contribution in [3.63, 3.8) is 0 Å². The Morgan fingerprint density at radius 1 is 0.613 bits per heavy atom. The van der Waals surface area contributed by atoms with E-state index in [1.807, 2.05) is 0 Å². The summed E-state index contributed by atoms with van der Waals surface area (Å²) in [6.45, 7) is 4.46. The molecule has 0 bridgehead atoms. The summed E-state index contributed by atoms with van der Waals surface area (Å²) in [5.74, 6) is 5.03. The maximum absolute atomic E-state index is 11.9. The summed E-state index contributed by atoms with van der Waals surface area (Å²) in [6, 6.07) is 0. The highest BCUT2D eigenvalue weighted by Gasteiger charge is 2.32. The van der Waals surface area contributed by atoms with Crippen molar-refractivity contribution in [1.82, 2.24) is 0 Å². The van der Waals surface area contributed by atoms with Crippen LogP contribution in [0.25, 0.3) is 0 Å². The molecule has 0 aliphatic heterocycles. The van der Waals surface area contributed by atoms with E-state index < -0.39 is 0 Å². The maximum Gasteiger partial charge on any atom is 0.306 e. The third-order valence-electron chi connectivity index (χ3n) is 9.22. The zero-order valence-corrected chi connectivity index (χ0v) is 20.9. The normalized spacial score (nSPS) is 34.4. The molecule has 3 rings (SSSR count). The molecule has 0 spiro atoms. The smallest absolute Gasteiger partial charge is 0.306 e. The van der Waals surface area contributed by atoms with Gasteiger partial charge in [0.15, 0.2) is 0 Å².